The lowest BCUT2D eigenvalue weighted by Crippen LogP contribution is -2.46. The number of aliphatic imine (C=N–C) groups is 1. The second-order valence-electron chi connectivity index (χ2n) is 7.26. The maximum Gasteiger partial charge on any atom is 0.193 e. The van der Waals surface area contributed by atoms with Crippen molar-refractivity contribution in [2.45, 2.75) is 18.9 Å². The summed E-state index contributed by atoms with van der Waals surface area (Å²) in [5.41, 5.74) is 2.18. The monoisotopic (exact) mass is 495 g/mol. The predicted octanol–water partition coefficient (Wildman–Crippen LogP) is 2.38. The van der Waals surface area contributed by atoms with Gasteiger partial charge in [0.05, 0.1) is 18.7 Å². The summed E-state index contributed by atoms with van der Waals surface area (Å²) < 4.78 is 5.48. The van der Waals surface area contributed by atoms with Crippen LogP contribution in [0.3, 0.4) is 0 Å². The van der Waals surface area contributed by atoms with Crippen molar-refractivity contribution in [2.24, 2.45) is 4.99 Å². The van der Waals surface area contributed by atoms with Crippen molar-refractivity contribution in [1.82, 2.24) is 20.1 Å². The van der Waals surface area contributed by atoms with E-state index in [9.17, 15) is 0 Å². The standard InChI is InChI=1S/C21H29N5O.HI/c1-22-21(26-11-9-19(16-26)25-12-14-27-15-13-25)23-10-8-18-7-6-17-4-2-3-5-20(17)24-18;/h2-7,19H,8-16H2,1H3,(H,22,23);1H. The van der Waals surface area contributed by atoms with Crippen LogP contribution in [0.2, 0.25) is 0 Å². The minimum Gasteiger partial charge on any atom is -0.379 e. The molecule has 0 bridgehead atoms. The number of likely N-dealkylation sites (tertiary alicyclic amines) is 1. The van der Waals surface area contributed by atoms with Gasteiger partial charge in [-0.2, -0.15) is 0 Å². The van der Waals surface area contributed by atoms with E-state index in [0.29, 0.717) is 6.04 Å². The summed E-state index contributed by atoms with van der Waals surface area (Å²) in [7, 11) is 1.87. The average Bonchev–Trinajstić information content (AvgIpc) is 3.22. The quantitative estimate of drug-likeness (QED) is 0.401. The van der Waals surface area contributed by atoms with Gasteiger partial charge >= 0.3 is 0 Å². The van der Waals surface area contributed by atoms with Crippen LogP contribution in [0, 0.1) is 0 Å². The zero-order valence-corrected chi connectivity index (χ0v) is 18.8. The number of pyridine rings is 1. The fourth-order valence-corrected chi connectivity index (χ4v) is 4.06. The first-order valence-corrected chi connectivity index (χ1v) is 9.95. The molecule has 3 heterocycles. The SMILES string of the molecule is CN=C(NCCc1ccc2ccccc2n1)N1CCC(N2CCOCC2)C1.I. The maximum atomic E-state index is 5.48. The van der Waals surface area contributed by atoms with E-state index in [4.69, 9.17) is 9.72 Å². The lowest BCUT2D eigenvalue weighted by atomic mass is 10.2. The molecule has 1 N–H and O–H groups in total. The Kier molecular flexibility index (Phi) is 7.87. The molecule has 1 aromatic carbocycles. The highest BCUT2D eigenvalue weighted by atomic mass is 127. The third kappa shape index (κ3) is 5.12. The highest BCUT2D eigenvalue weighted by Gasteiger charge is 2.30. The number of ether oxygens (including phenoxy) is 1. The van der Waals surface area contributed by atoms with Gasteiger partial charge in [0.15, 0.2) is 5.96 Å². The maximum absolute atomic E-state index is 5.48. The molecule has 0 spiro atoms. The molecule has 152 valence electrons. The van der Waals surface area contributed by atoms with Crippen LogP contribution in [-0.4, -0.2) is 79.8 Å². The van der Waals surface area contributed by atoms with Crippen LogP contribution in [0.1, 0.15) is 12.1 Å². The first-order valence-electron chi connectivity index (χ1n) is 9.95. The minimum absolute atomic E-state index is 0. The van der Waals surface area contributed by atoms with Gasteiger partial charge in [-0.05, 0) is 18.6 Å². The second kappa shape index (κ2) is 10.4. The van der Waals surface area contributed by atoms with Gasteiger partial charge in [0.2, 0.25) is 0 Å². The van der Waals surface area contributed by atoms with Crippen molar-refractivity contribution in [3.8, 4) is 0 Å². The van der Waals surface area contributed by atoms with Crippen LogP contribution < -0.4 is 5.32 Å². The Bertz CT molecular complexity index is 793. The molecule has 7 heteroatoms. The molecule has 2 saturated heterocycles. The van der Waals surface area contributed by atoms with E-state index < -0.39 is 0 Å². The van der Waals surface area contributed by atoms with E-state index in [1.165, 1.54) is 11.8 Å². The van der Waals surface area contributed by atoms with Crippen molar-refractivity contribution in [1.29, 1.82) is 0 Å². The average molecular weight is 495 g/mol. The fourth-order valence-electron chi connectivity index (χ4n) is 4.06. The molecule has 0 amide bonds. The van der Waals surface area contributed by atoms with Crippen molar-refractivity contribution < 1.29 is 4.74 Å². The molecule has 4 rings (SSSR count). The number of guanidine groups is 1. The van der Waals surface area contributed by atoms with Gasteiger partial charge in [0.25, 0.3) is 0 Å². The van der Waals surface area contributed by atoms with E-state index in [-0.39, 0.29) is 24.0 Å². The Morgan fingerprint density at radius 3 is 2.82 bits per heavy atom. The summed E-state index contributed by atoms with van der Waals surface area (Å²) in [5.74, 6) is 1.01. The molecule has 28 heavy (non-hydrogen) atoms. The number of halogens is 1. The first-order chi connectivity index (χ1) is 13.3. The number of aromatic nitrogens is 1. The summed E-state index contributed by atoms with van der Waals surface area (Å²) in [6, 6.07) is 13.2. The van der Waals surface area contributed by atoms with Gasteiger partial charge in [-0.15, -0.1) is 24.0 Å². The van der Waals surface area contributed by atoms with Gasteiger partial charge < -0.3 is 15.0 Å². The summed E-state index contributed by atoms with van der Waals surface area (Å²) in [6.45, 7) is 6.79. The Labute approximate surface area is 184 Å². The number of hydrogen-bond acceptors (Lipinski definition) is 4. The molecule has 2 aliphatic heterocycles. The summed E-state index contributed by atoms with van der Waals surface area (Å²) in [5, 5.41) is 4.72. The molecule has 0 aliphatic carbocycles. The number of morpholine rings is 1. The molecule has 2 aromatic rings. The number of benzene rings is 1. The first kappa shape index (κ1) is 21.3. The van der Waals surface area contributed by atoms with Gasteiger partial charge in [-0.3, -0.25) is 14.9 Å². The number of hydrogen-bond donors (Lipinski definition) is 1. The summed E-state index contributed by atoms with van der Waals surface area (Å²) >= 11 is 0. The molecule has 2 aliphatic rings. The third-order valence-electron chi connectivity index (χ3n) is 5.56. The van der Waals surface area contributed by atoms with Gasteiger partial charge in [0, 0.05) is 63.3 Å². The summed E-state index contributed by atoms with van der Waals surface area (Å²) in [6.07, 6.45) is 2.09. The smallest absolute Gasteiger partial charge is 0.193 e. The van der Waals surface area contributed by atoms with Crippen molar-refractivity contribution in [3.63, 3.8) is 0 Å². The molecule has 1 aromatic heterocycles. The number of para-hydroxylation sites is 1. The van der Waals surface area contributed by atoms with E-state index in [1.807, 2.05) is 13.1 Å². The predicted molar refractivity (Wildman–Crippen MR) is 125 cm³/mol. The molecular formula is C21H30IN5O. The number of nitrogens with zero attached hydrogens (tertiary/aromatic N) is 4. The lowest BCUT2D eigenvalue weighted by Gasteiger charge is -2.32. The molecule has 0 saturated carbocycles. The van der Waals surface area contributed by atoms with Crippen molar-refractivity contribution >= 4 is 40.8 Å². The van der Waals surface area contributed by atoms with Gasteiger partial charge in [0.1, 0.15) is 0 Å². The normalized spacial score (nSPS) is 21.0. The van der Waals surface area contributed by atoms with Crippen LogP contribution >= 0.6 is 24.0 Å². The Morgan fingerprint density at radius 1 is 1.18 bits per heavy atom. The van der Waals surface area contributed by atoms with E-state index >= 15 is 0 Å². The summed E-state index contributed by atoms with van der Waals surface area (Å²) in [4.78, 5) is 14.2. The Morgan fingerprint density at radius 2 is 2.00 bits per heavy atom. The van der Waals surface area contributed by atoms with Crippen molar-refractivity contribution in [3.05, 3.63) is 42.1 Å². The number of fused-ring (bicyclic) bond motifs is 1. The zero-order valence-electron chi connectivity index (χ0n) is 16.5. The van der Waals surface area contributed by atoms with Crippen LogP contribution in [0.15, 0.2) is 41.4 Å². The topological polar surface area (TPSA) is 53.0 Å². The molecule has 0 radical (unpaired) electrons. The van der Waals surface area contributed by atoms with Gasteiger partial charge in [-0.25, -0.2) is 0 Å². The minimum atomic E-state index is 0. The third-order valence-corrected chi connectivity index (χ3v) is 5.56. The van der Waals surface area contributed by atoms with E-state index in [0.717, 1.165) is 69.5 Å². The van der Waals surface area contributed by atoms with Crippen molar-refractivity contribution in [2.75, 3.05) is 53.0 Å². The van der Waals surface area contributed by atoms with E-state index in [2.05, 4.69) is 50.4 Å². The number of rotatable bonds is 4. The Hall–Kier alpha value is -1.45. The fraction of sp³-hybridized carbons (Fsp3) is 0.524. The highest BCUT2D eigenvalue weighted by Crippen LogP contribution is 2.17. The largest absolute Gasteiger partial charge is 0.379 e. The zero-order chi connectivity index (χ0) is 18.5. The number of nitrogens with one attached hydrogen (secondary N) is 1. The molecule has 2 fully saturated rings. The Balaban J connectivity index is 0.00000225. The van der Waals surface area contributed by atoms with Crippen LogP contribution in [0.4, 0.5) is 0 Å². The van der Waals surface area contributed by atoms with Crippen LogP contribution in [0.5, 0.6) is 0 Å². The van der Waals surface area contributed by atoms with Crippen LogP contribution in [0.25, 0.3) is 10.9 Å². The molecule has 6 nitrogen and oxygen atoms in total. The molecule has 1 atom stereocenters. The second-order valence-corrected chi connectivity index (χ2v) is 7.26. The van der Waals surface area contributed by atoms with E-state index in [1.54, 1.807) is 0 Å². The lowest BCUT2D eigenvalue weighted by molar-refractivity contribution is 0.0195. The van der Waals surface area contributed by atoms with Gasteiger partial charge in [-0.1, -0.05) is 24.3 Å². The molecular weight excluding hydrogens is 465 g/mol. The highest BCUT2D eigenvalue weighted by molar-refractivity contribution is 14.0. The van der Waals surface area contributed by atoms with Crippen LogP contribution in [-0.2, 0) is 11.2 Å². The molecule has 1 unspecified atom stereocenters.